The second kappa shape index (κ2) is 13.1. The van der Waals surface area contributed by atoms with E-state index in [-0.39, 0.29) is 24.0 Å². The van der Waals surface area contributed by atoms with Crippen LogP contribution in [0.2, 0.25) is 0 Å². The van der Waals surface area contributed by atoms with Gasteiger partial charge in [-0.3, -0.25) is 0 Å². The number of rotatable bonds is 10. The number of ether oxygens (including phenoxy) is 2. The van der Waals surface area contributed by atoms with Crippen LogP contribution in [-0.2, 0) is 18.3 Å². The highest BCUT2D eigenvalue weighted by atomic mass is 127. The first-order valence-corrected chi connectivity index (χ1v) is 10.1. The van der Waals surface area contributed by atoms with Gasteiger partial charge in [-0.05, 0) is 36.2 Å². The Hall–Kier alpha value is -2.40. The largest absolute Gasteiger partial charge is 0.494 e. The van der Waals surface area contributed by atoms with Gasteiger partial charge < -0.3 is 24.7 Å². The summed E-state index contributed by atoms with van der Waals surface area (Å²) in [6, 6.07) is 14.4. The Bertz CT molecular complexity index is 976. The van der Waals surface area contributed by atoms with Gasteiger partial charge in [-0.15, -0.1) is 34.2 Å². The second-order valence-electron chi connectivity index (χ2n) is 6.94. The molecular formula is C22H31IN6O2. The molecule has 0 amide bonds. The molecule has 3 aromatic rings. The molecule has 2 N–H and O–H groups in total. The van der Waals surface area contributed by atoms with E-state index in [1.165, 1.54) is 10.8 Å². The molecule has 8 nitrogen and oxygen atoms in total. The average molecular weight is 538 g/mol. The van der Waals surface area contributed by atoms with E-state index in [0.717, 1.165) is 36.3 Å². The fourth-order valence-corrected chi connectivity index (χ4v) is 2.91. The van der Waals surface area contributed by atoms with Crippen LogP contribution in [0.15, 0.2) is 47.5 Å². The highest BCUT2D eigenvalue weighted by Gasteiger charge is 2.05. The molecule has 0 fully saturated rings. The lowest BCUT2D eigenvalue weighted by molar-refractivity contribution is 0.203. The molecule has 1 aromatic heterocycles. The topological polar surface area (TPSA) is 85.6 Å². The van der Waals surface area contributed by atoms with Crippen molar-refractivity contribution in [3.05, 3.63) is 54.1 Å². The van der Waals surface area contributed by atoms with E-state index in [1.807, 2.05) is 36.7 Å². The molecule has 0 saturated heterocycles. The molecule has 31 heavy (non-hydrogen) atoms. The minimum Gasteiger partial charge on any atom is -0.494 e. The summed E-state index contributed by atoms with van der Waals surface area (Å²) in [5.74, 6) is 3.30. The summed E-state index contributed by atoms with van der Waals surface area (Å²) in [5.41, 5.74) is 0. The van der Waals surface area contributed by atoms with Gasteiger partial charge in [-0.1, -0.05) is 30.3 Å². The van der Waals surface area contributed by atoms with Crippen LogP contribution in [0.25, 0.3) is 10.8 Å². The lowest BCUT2D eigenvalue weighted by atomic mass is 10.1. The number of benzene rings is 2. The number of aryl methyl sites for hydroxylation is 1. The third-order valence-corrected chi connectivity index (χ3v) is 4.76. The number of hydrogen-bond donors (Lipinski definition) is 2. The highest BCUT2D eigenvalue weighted by molar-refractivity contribution is 14.0. The lowest BCUT2D eigenvalue weighted by Crippen LogP contribution is -2.39. The van der Waals surface area contributed by atoms with Gasteiger partial charge in [0.2, 0.25) is 0 Å². The van der Waals surface area contributed by atoms with Crippen LogP contribution in [0, 0.1) is 6.92 Å². The Morgan fingerprint density at radius 2 is 1.81 bits per heavy atom. The van der Waals surface area contributed by atoms with Gasteiger partial charge in [0.15, 0.2) is 11.8 Å². The molecule has 0 saturated carbocycles. The van der Waals surface area contributed by atoms with E-state index < -0.39 is 0 Å². The summed E-state index contributed by atoms with van der Waals surface area (Å²) in [6.07, 6.45) is 0.848. The van der Waals surface area contributed by atoms with Crippen molar-refractivity contribution in [2.75, 3.05) is 33.4 Å². The van der Waals surface area contributed by atoms with Crippen molar-refractivity contribution in [3.8, 4) is 5.75 Å². The van der Waals surface area contributed by atoms with Crippen LogP contribution in [0.3, 0.4) is 0 Å². The molecule has 3 rings (SSSR count). The summed E-state index contributed by atoms with van der Waals surface area (Å²) >= 11 is 0. The SMILES string of the molecule is COCCNC(=NCc1nnc(C)n1C)NCCCOc1ccc2ccccc2c1.I. The average Bonchev–Trinajstić information content (AvgIpc) is 3.09. The van der Waals surface area contributed by atoms with Crippen molar-refractivity contribution in [1.82, 2.24) is 25.4 Å². The predicted octanol–water partition coefficient (Wildman–Crippen LogP) is 3.05. The number of methoxy groups -OCH3 is 1. The number of aliphatic imine (C=N–C) groups is 1. The minimum absolute atomic E-state index is 0. The molecule has 0 radical (unpaired) electrons. The van der Waals surface area contributed by atoms with Gasteiger partial charge >= 0.3 is 0 Å². The number of nitrogens with zero attached hydrogens (tertiary/aromatic N) is 4. The van der Waals surface area contributed by atoms with E-state index in [9.17, 15) is 0 Å². The smallest absolute Gasteiger partial charge is 0.191 e. The summed E-state index contributed by atoms with van der Waals surface area (Å²) in [4.78, 5) is 4.60. The first-order valence-electron chi connectivity index (χ1n) is 10.1. The van der Waals surface area contributed by atoms with E-state index >= 15 is 0 Å². The normalized spacial score (nSPS) is 11.3. The van der Waals surface area contributed by atoms with Gasteiger partial charge in [0, 0.05) is 27.2 Å². The van der Waals surface area contributed by atoms with Crippen LogP contribution in [0.5, 0.6) is 5.75 Å². The maximum atomic E-state index is 5.90. The zero-order valence-corrected chi connectivity index (χ0v) is 20.6. The van der Waals surface area contributed by atoms with Gasteiger partial charge in [-0.2, -0.15) is 0 Å². The van der Waals surface area contributed by atoms with Crippen LogP contribution in [-0.4, -0.2) is 54.1 Å². The molecule has 0 aliphatic rings. The van der Waals surface area contributed by atoms with E-state index in [1.54, 1.807) is 7.11 Å². The zero-order valence-electron chi connectivity index (χ0n) is 18.3. The molecule has 168 valence electrons. The van der Waals surface area contributed by atoms with Crippen molar-refractivity contribution in [2.45, 2.75) is 19.9 Å². The zero-order chi connectivity index (χ0) is 21.2. The number of hydrogen-bond acceptors (Lipinski definition) is 5. The molecule has 0 bridgehead atoms. The summed E-state index contributed by atoms with van der Waals surface area (Å²) in [7, 11) is 3.62. The van der Waals surface area contributed by atoms with E-state index in [2.05, 4.69) is 50.1 Å². The summed E-state index contributed by atoms with van der Waals surface area (Å²) in [5, 5.41) is 17.2. The van der Waals surface area contributed by atoms with Crippen molar-refractivity contribution in [1.29, 1.82) is 0 Å². The fourth-order valence-electron chi connectivity index (χ4n) is 2.91. The fraction of sp³-hybridized carbons (Fsp3) is 0.409. The van der Waals surface area contributed by atoms with E-state index in [0.29, 0.717) is 26.3 Å². The van der Waals surface area contributed by atoms with Gasteiger partial charge in [0.1, 0.15) is 18.1 Å². The van der Waals surface area contributed by atoms with E-state index in [4.69, 9.17) is 9.47 Å². The Balaban J connectivity index is 0.00000341. The molecule has 0 aliphatic carbocycles. The molecule has 2 aromatic carbocycles. The number of fused-ring (bicyclic) bond motifs is 1. The third kappa shape index (κ3) is 7.66. The van der Waals surface area contributed by atoms with Crippen LogP contribution < -0.4 is 15.4 Å². The predicted molar refractivity (Wildman–Crippen MR) is 134 cm³/mol. The first kappa shape index (κ1) is 24.9. The number of halogens is 1. The monoisotopic (exact) mass is 538 g/mol. The summed E-state index contributed by atoms with van der Waals surface area (Å²) < 4.78 is 12.9. The molecular weight excluding hydrogens is 507 g/mol. The Morgan fingerprint density at radius 1 is 1.03 bits per heavy atom. The Labute approximate surface area is 200 Å². The minimum atomic E-state index is 0. The van der Waals surface area contributed by atoms with Gasteiger partial charge in [0.25, 0.3) is 0 Å². The highest BCUT2D eigenvalue weighted by Crippen LogP contribution is 2.20. The molecule has 9 heteroatoms. The molecule has 0 unspecified atom stereocenters. The van der Waals surface area contributed by atoms with Crippen LogP contribution in [0.4, 0.5) is 0 Å². The number of aromatic nitrogens is 3. The maximum absolute atomic E-state index is 5.90. The van der Waals surface area contributed by atoms with Crippen molar-refractivity contribution in [3.63, 3.8) is 0 Å². The standard InChI is InChI=1S/C22H30N6O2.HI/c1-17-26-27-21(28(17)2)16-25-22(24-12-14-29-3)23-11-6-13-30-20-10-9-18-7-4-5-8-19(18)15-20;/h4-5,7-10,15H,6,11-14,16H2,1-3H3,(H2,23,24,25);1H. The van der Waals surface area contributed by atoms with Crippen molar-refractivity contribution < 1.29 is 9.47 Å². The Morgan fingerprint density at radius 3 is 2.55 bits per heavy atom. The lowest BCUT2D eigenvalue weighted by Gasteiger charge is -2.13. The Kier molecular flexibility index (Phi) is 10.5. The van der Waals surface area contributed by atoms with Crippen LogP contribution >= 0.6 is 24.0 Å². The molecule has 0 aliphatic heterocycles. The summed E-state index contributed by atoms with van der Waals surface area (Å²) in [6.45, 7) is 5.02. The van der Waals surface area contributed by atoms with Crippen molar-refractivity contribution in [2.24, 2.45) is 12.0 Å². The first-order chi connectivity index (χ1) is 14.7. The third-order valence-electron chi connectivity index (χ3n) is 4.76. The molecule has 1 heterocycles. The number of guanidine groups is 1. The second-order valence-corrected chi connectivity index (χ2v) is 6.94. The molecule has 0 atom stereocenters. The van der Waals surface area contributed by atoms with Gasteiger partial charge in [-0.25, -0.2) is 4.99 Å². The number of nitrogens with one attached hydrogen (secondary N) is 2. The van der Waals surface area contributed by atoms with Crippen molar-refractivity contribution >= 4 is 40.7 Å². The van der Waals surface area contributed by atoms with Gasteiger partial charge in [0.05, 0.1) is 13.2 Å². The van der Waals surface area contributed by atoms with Crippen LogP contribution in [0.1, 0.15) is 18.1 Å². The quantitative estimate of drug-likeness (QED) is 0.179. The maximum Gasteiger partial charge on any atom is 0.191 e. The molecule has 0 spiro atoms.